The maximum atomic E-state index is 5.33. The Bertz CT molecular complexity index is 297. The van der Waals surface area contributed by atoms with Crippen LogP contribution in [0.5, 0.6) is 0 Å². The van der Waals surface area contributed by atoms with Gasteiger partial charge in [0, 0.05) is 13.1 Å². The van der Waals surface area contributed by atoms with E-state index in [2.05, 4.69) is 49.9 Å². The molecule has 0 aromatic heterocycles. The Labute approximate surface area is 113 Å². The molecule has 0 fully saturated rings. The van der Waals surface area contributed by atoms with Crippen LogP contribution in [-0.4, -0.2) is 50.1 Å². The fraction of sp³-hybridized carbons (Fsp3) is 0.625. The van der Waals surface area contributed by atoms with Crippen LogP contribution in [0.3, 0.4) is 0 Å². The monoisotopic (exact) mass is 248 g/mol. The number of nitrogens with zero attached hydrogens (tertiary/aromatic N) is 2. The van der Waals surface area contributed by atoms with Crippen molar-refractivity contribution in [3.05, 3.63) is 24.3 Å². The van der Waals surface area contributed by atoms with E-state index in [1.807, 2.05) is 0 Å². The predicted octanol–water partition coefficient (Wildman–Crippen LogP) is 2.79. The van der Waals surface area contributed by atoms with E-state index in [1.165, 1.54) is 12.0 Å². The van der Waals surface area contributed by atoms with Gasteiger partial charge >= 0.3 is 0 Å². The molecular weight excluding hydrogens is 220 g/mol. The van der Waals surface area contributed by atoms with Gasteiger partial charge < -0.3 is 9.80 Å². The van der Waals surface area contributed by atoms with Gasteiger partial charge in [0.2, 0.25) is 0 Å². The Morgan fingerprint density at radius 3 is 2.17 bits per heavy atom. The third-order valence-electron chi connectivity index (χ3n) is 2.87. The predicted molar refractivity (Wildman–Crippen MR) is 81.6 cm³/mol. The second-order valence-electron chi connectivity index (χ2n) is 5.20. The summed E-state index contributed by atoms with van der Waals surface area (Å²) >= 11 is 0. The molecule has 0 heterocycles. The summed E-state index contributed by atoms with van der Waals surface area (Å²) in [5, 5.41) is 0. The van der Waals surface area contributed by atoms with Gasteiger partial charge in [-0.15, -0.1) is 13.0 Å². The lowest BCUT2D eigenvalue weighted by Gasteiger charge is -2.23. The zero-order chi connectivity index (χ0) is 14.0. The highest BCUT2D eigenvalue weighted by atomic mass is 15.1. The van der Waals surface area contributed by atoms with Crippen molar-refractivity contribution in [3.63, 3.8) is 0 Å². The van der Waals surface area contributed by atoms with Crippen LogP contribution in [0, 0.1) is 12.3 Å². The molecule has 0 bridgehead atoms. The molecule has 0 unspecified atom stereocenters. The molecule has 0 radical (unpaired) electrons. The number of hydrogen-bond acceptors (Lipinski definition) is 2. The standard InChI is InChI=1S/C16H28N2/c1-7-16(4)10-14-18(13-9-15(2)3)12-8-11-17(5)6/h1H,2,4,8-14H2,3,5-6H3. The molecule has 0 aliphatic rings. The fourth-order valence-electron chi connectivity index (χ4n) is 1.66. The third-order valence-corrected chi connectivity index (χ3v) is 2.87. The summed E-state index contributed by atoms with van der Waals surface area (Å²) in [5.41, 5.74) is 2.13. The lowest BCUT2D eigenvalue weighted by molar-refractivity contribution is 0.261. The van der Waals surface area contributed by atoms with Gasteiger partial charge in [0.25, 0.3) is 0 Å². The molecule has 0 aliphatic heterocycles. The van der Waals surface area contributed by atoms with Crippen molar-refractivity contribution in [1.82, 2.24) is 9.80 Å². The fourth-order valence-corrected chi connectivity index (χ4v) is 1.66. The van der Waals surface area contributed by atoms with E-state index in [0.29, 0.717) is 0 Å². The van der Waals surface area contributed by atoms with E-state index in [-0.39, 0.29) is 0 Å². The Balaban J connectivity index is 4.03. The SMILES string of the molecule is C#CC(=C)CCN(CCCN(C)C)CCC(=C)C. The van der Waals surface area contributed by atoms with E-state index in [4.69, 9.17) is 6.42 Å². The molecule has 102 valence electrons. The minimum Gasteiger partial charge on any atom is -0.309 e. The van der Waals surface area contributed by atoms with Crippen LogP contribution in [-0.2, 0) is 0 Å². The molecule has 0 saturated heterocycles. The molecule has 2 heteroatoms. The summed E-state index contributed by atoms with van der Waals surface area (Å²) in [6.45, 7) is 14.2. The van der Waals surface area contributed by atoms with Crippen molar-refractivity contribution in [2.75, 3.05) is 40.3 Å². The summed E-state index contributed by atoms with van der Waals surface area (Å²) in [6, 6.07) is 0. The molecule has 0 rings (SSSR count). The van der Waals surface area contributed by atoms with Crippen molar-refractivity contribution in [1.29, 1.82) is 0 Å². The van der Waals surface area contributed by atoms with E-state index in [9.17, 15) is 0 Å². The lowest BCUT2D eigenvalue weighted by Crippen LogP contribution is -2.29. The molecule has 0 saturated carbocycles. The Morgan fingerprint density at radius 2 is 1.67 bits per heavy atom. The average molecular weight is 248 g/mol. The van der Waals surface area contributed by atoms with E-state index >= 15 is 0 Å². The number of terminal acetylenes is 1. The third kappa shape index (κ3) is 10.1. The first-order valence-corrected chi connectivity index (χ1v) is 6.61. The summed E-state index contributed by atoms with van der Waals surface area (Å²) in [5.74, 6) is 2.61. The topological polar surface area (TPSA) is 6.48 Å². The maximum absolute atomic E-state index is 5.33. The zero-order valence-electron chi connectivity index (χ0n) is 12.3. The molecule has 0 N–H and O–H groups in total. The van der Waals surface area contributed by atoms with Gasteiger partial charge in [0.05, 0.1) is 0 Å². The Hall–Kier alpha value is -1.04. The molecule has 0 aromatic rings. The minimum absolute atomic E-state index is 0.892. The van der Waals surface area contributed by atoms with Crippen LogP contribution in [0.25, 0.3) is 0 Å². The normalized spacial score (nSPS) is 10.7. The average Bonchev–Trinajstić information content (AvgIpc) is 2.30. The van der Waals surface area contributed by atoms with Gasteiger partial charge in [0.15, 0.2) is 0 Å². The molecule has 0 amide bonds. The van der Waals surface area contributed by atoms with E-state index in [0.717, 1.165) is 44.6 Å². The second-order valence-corrected chi connectivity index (χ2v) is 5.20. The van der Waals surface area contributed by atoms with Crippen molar-refractivity contribution < 1.29 is 0 Å². The van der Waals surface area contributed by atoms with E-state index in [1.54, 1.807) is 0 Å². The van der Waals surface area contributed by atoms with Gasteiger partial charge in [0.1, 0.15) is 0 Å². The molecule has 18 heavy (non-hydrogen) atoms. The summed E-state index contributed by atoms with van der Waals surface area (Å²) in [4.78, 5) is 4.68. The first-order valence-electron chi connectivity index (χ1n) is 6.61. The van der Waals surface area contributed by atoms with Gasteiger partial charge in [-0.1, -0.05) is 18.1 Å². The van der Waals surface area contributed by atoms with Crippen molar-refractivity contribution >= 4 is 0 Å². The lowest BCUT2D eigenvalue weighted by atomic mass is 10.2. The highest BCUT2D eigenvalue weighted by molar-refractivity contribution is 5.21. The summed E-state index contributed by atoms with van der Waals surface area (Å²) < 4.78 is 0. The van der Waals surface area contributed by atoms with E-state index < -0.39 is 0 Å². The second kappa shape index (κ2) is 9.94. The molecule has 0 aliphatic carbocycles. The van der Waals surface area contributed by atoms with Gasteiger partial charge in [-0.3, -0.25) is 0 Å². The molecular formula is C16H28N2. The van der Waals surface area contributed by atoms with Crippen LogP contribution < -0.4 is 0 Å². The Kier molecular flexibility index (Phi) is 9.36. The Morgan fingerprint density at radius 1 is 1.06 bits per heavy atom. The van der Waals surface area contributed by atoms with Crippen molar-refractivity contribution in [3.8, 4) is 12.3 Å². The quantitative estimate of drug-likeness (QED) is 0.433. The van der Waals surface area contributed by atoms with Gasteiger partial charge in [-0.2, -0.15) is 0 Å². The zero-order valence-corrected chi connectivity index (χ0v) is 12.3. The van der Waals surface area contributed by atoms with Gasteiger partial charge in [-0.05, 0) is 58.9 Å². The smallest absolute Gasteiger partial charge is 0.00280 e. The number of hydrogen-bond donors (Lipinski definition) is 0. The minimum atomic E-state index is 0.892. The van der Waals surface area contributed by atoms with Gasteiger partial charge in [-0.25, -0.2) is 0 Å². The molecule has 0 aromatic carbocycles. The summed E-state index contributed by atoms with van der Waals surface area (Å²) in [6.07, 6.45) is 8.48. The van der Waals surface area contributed by atoms with Crippen molar-refractivity contribution in [2.24, 2.45) is 0 Å². The first-order chi connectivity index (χ1) is 8.45. The van der Waals surface area contributed by atoms with Crippen LogP contribution in [0.4, 0.5) is 0 Å². The largest absolute Gasteiger partial charge is 0.309 e. The van der Waals surface area contributed by atoms with Crippen LogP contribution in [0.2, 0.25) is 0 Å². The van der Waals surface area contributed by atoms with Crippen LogP contribution in [0.15, 0.2) is 24.3 Å². The molecule has 0 atom stereocenters. The maximum Gasteiger partial charge on any atom is 0.00280 e. The highest BCUT2D eigenvalue weighted by Crippen LogP contribution is 2.05. The first kappa shape index (κ1) is 17.0. The molecule has 2 nitrogen and oxygen atoms in total. The summed E-state index contributed by atoms with van der Waals surface area (Å²) in [7, 11) is 4.22. The van der Waals surface area contributed by atoms with Crippen LogP contribution >= 0.6 is 0 Å². The molecule has 0 spiro atoms. The van der Waals surface area contributed by atoms with Crippen molar-refractivity contribution in [2.45, 2.75) is 26.2 Å². The van der Waals surface area contributed by atoms with Crippen LogP contribution in [0.1, 0.15) is 26.2 Å². The number of rotatable bonds is 10. The highest BCUT2D eigenvalue weighted by Gasteiger charge is 2.05.